The standard InChI is InChI=1S/C21H21OSi.C11H11NO.CH4.Ga/c1-16-10-4-7-13-19(16)23(22,20-14-8-5-11-17(20)2)21-15-9-6-12-18(21)3;1-7-6-8(2)12-11-9(7)4-3-5-10(11)13;;/h4-15H,1-3H3;3-6,13H,1-2H3;1H4;/q-1;;;+2/p-1. The minimum absolute atomic E-state index is 0. The van der Waals surface area contributed by atoms with E-state index in [1.165, 1.54) is 37.8 Å². The van der Waals surface area contributed by atoms with Gasteiger partial charge in [-0.3, -0.25) is 0 Å². The Balaban J connectivity index is 0.00000336. The third-order valence-electron chi connectivity index (χ3n) is 7.11. The van der Waals surface area contributed by atoms with Crippen molar-refractivity contribution < 1.29 is 6.75 Å². The molecule has 5 aromatic rings. The predicted octanol–water partition coefficient (Wildman–Crippen LogP) is 6.01. The topological polar surface area (TPSA) is 31.4 Å². The fraction of sp³-hybridized carbons (Fsp3) is 0.182. The van der Waals surface area contributed by atoms with Crippen LogP contribution in [-0.4, -0.2) is 31.4 Å². The molecule has 4 aromatic carbocycles. The van der Waals surface area contributed by atoms with Crippen LogP contribution in [0.4, 0.5) is 0 Å². The molecule has 0 amide bonds. The third-order valence-corrected chi connectivity index (χ3v) is 15.1. The van der Waals surface area contributed by atoms with E-state index in [0.717, 1.165) is 22.3 Å². The zero-order valence-corrected chi connectivity index (χ0v) is 25.5. The number of fused-ring (bicyclic) bond motifs is 1. The van der Waals surface area contributed by atoms with Gasteiger partial charge in [0, 0.05) is 0 Å². The van der Waals surface area contributed by atoms with Crippen LogP contribution in [0.5, 0.6) is 5.75 Å². The van der Waals surface area contributed by atoms with E-state index in [4.69, 9.17) is 11.7 Å². The van der Waals surface area contributed by atoms with Gasteiger partial charge in [0.2, 0.25) is 0 Å². The van der Waals surface area contributed by atoms with Crippen LogP contribution >= 0.6 is 0 Å². The van der Waals surface area contributed by atoms with Crippen molar-refractivity contribution in [2.75, 3.05) is 0 Å². The first-order valence-electron chi connectivity index (χ1n) is 12.6. The van der Waals surface area contributed by atoms with E-state index in [0.29, 0.717) is 0 Å². The van der Waals surface area contributed by atoms with Crippen molar-refractivity contribution in [3.8, 4) is 5.75 Å². The first-order valence-corrected chi connectivity index (χ1v) is 16.5. The van der Waals surface area contributed by atoms with Crippen molar-refractivity contribution in [3.63, 3.8) is 0 Å². The summed E-state index contributed by atoms with van der Waals surface area (Å²) in [6.07, 6.45) is 0. The van der Waals surface area contributed by atoms with Gasteiger partial charge in [0.25, 0.3) is 0 Å². The van der Waals surface area contributed by atoms with Crippen molar-refractivity contribution in [2.45, 2.75) is 42.0 Å². The molecular formula is C33H35GaNO2Si. The number of para-hydroxylation sites is 1. The summed E-state index contributed by atoms with van der Waals surface area (Å²) < 4.78 is 13.9. The van der Waals surface area contributed by atoms with Gasteiger partial charge in [-0.1, -0.05) is 7.43 Å². The summed E-state index contributed by atoms with van der Waals surface area (Å²) in [5.74, 6) is 0.812. The molecule has 0 aliphatic rings. The Morgan fingerprint density at radius 1 is 0.605 bits per heavy atom. The molecule has 1 aromatic heterocycles. The molecule has 0 aliphatic carbocycles. The van der Waals surface area contributed by atoms with Crippen molar-refractivity contribution in [1.29, 1.82) is 0 Å². The second-order valence-corrected chi connectivity index (χ2v) is 15.3. The van der Waals surface area contributed by atoms with Crippen LogP contribution in [0.2, 0.25) is 0 Å². The number of aryl methyl sites for hydroxylation is 5. The van der Waals surface area contributed by atoms with E-state index in [-0.39, 0.29) is 7.43 Å². The van der Waals surface area contributed by atoms with Crippen molar-refractivity contribution in [3.05, 3.63) is 125 Å². The SMILES string of the molecule is C.Cc1cc(C)c2cccc([O][Ga][O][Si](c3ccccc3C)(c3ccccc3C)c3ccccc3C)c2n1. The second-order valence-electron chi connectivity index (χ2n) is 9.69. The van der Waals surface area contributed by atoms with Gasteiger partial charge in [0.05, 0.1) is 0 Å². The molecule has 5 rings (SSSR count). The molecule has 1 heterocycles. The molecule has 0 aliphatic heterocycles. The summed E-state index contributed by atoms with van der Waals surface area (Å²) in [7, 11) is -2.88. The summed E-state index contributed by atoms with van der Waals surface area (Å²) in [5, 5.41) is 4.96. The Labute approximate surface area is 236 Å². The second kappa shape index (κ2) is 11.7. The Morgan fingerprint density at radius 2 is 1.11 bits per heavy atom. The normalized spacial score (nSPS) is 11.2. The van der Waals surface area contributed by atoms with Gasteiger partial charge in [0.15, 0.2) is 0 Å². The van der Waals surface area contributed by atoms with E-state index in [1.807, 2.05) is 19.1 Å². The molecule has 3 nitrogen and oxygen atoms in total. The van der Waals surface area contributed by atoms with E-state index in [2.05, 4.69) is 113 Å². The van der Waals surface area contributed by atoms with Crippen LogP contribution in [0.25, 0.3) is 10.9 Å². The van der Waals surface area contributed by atoms with Gasteiger partial charge in [-0.15, -0.1) is 0 Å². The van der Waals surface area contributed by atoms with E-state index < -0.39 is 26.5 Å². The van der Waals surface area contributed by atoms with Gasteiger partial charge in [-0.2, -0.15) is 0 Å². The molecule has 0 N–H and O–H groups in total. The Kier molecular flexibility index (Phi) is 8.63. The Hall–Kier alpha value is -3.10. The molecule has 0 bridgehead atoms. The van der Waals surface area contributed by atoms with Crippen LogP contribution < -0.4 is 19.1 Å². The predicted molar refractivity (Wildman–Crippen MR) is 164 cm³/mol. The molecule has 38 heavy (non-hydrogen) atoms. The van der Waals surface area contributed by atoms with Crippen LogP contribution in [0.3, 0.4) is 0 Å². The van der Waals surface area contributed by atoms with E-state index >= 15 is 0 Å². The molecule has 1 radical (unpaired) electrons. The summed E-state index contributed by atoms with van der Waals surface area (Å²) in [6.45, 7) is 10.7. The van der Waals surface area contributed by atoms with E-state index in [9.17, 15) is 0 Å². The average Bonchev–Trinajstić information content (AvgIpc) is 2.88. The molecular weight excluding hydrogens is 540 g/mol. The number of benzene rings is 4. The minimum atomic E-state index is -2.88. The quantitative estimate of drug-likeness (QED) is 0.176. The summed E-state index contributed by atoms with van der Waals surface area (Å²) in [6, 6.07) is 34.4. The van der Waals surface area contributed by atoms with Crippen molar-refractivity contribution >= 4 is 52.9 Å². The van der Waals surface area contributed by atoms with Gasteiger partial charge in [-0.05, 0) is 0 Å². The van der Waals surface area contributed by atoms with Gasteiger partial charge < -0.3 is 0 Å². The van der Waals surface area contributed by atoms with Crippen LogP contribution in [-0.2, 0) is 3.22 Å². The number of hydrogen-bond donors (Lipinski definition) is 0. The molecule has 0 fully saturated rings. The molecule has 0 atom stereocenters. The average molecular weight is 575 g/mol. The zero-order valence-electron chi connectivity index (χ0n) is 22.1. The molecule has 0 saturated heterocycles. The molecule has 0 saturated carbocycles. The molecule has 0 unspecified atom stereocenters. The van der Waals surface area contributed by atoms with Crippen molar-refractivity contribution in [2.24, 2.45) is 0 Å². The number of hydrogen-bond acceptors (Lipinski definition) is 3. The summed E-state index contributed by atoms with van der Waals surface area (Å²) >= 11 is -1.66. The Bertz CT molecular complexity index is 1470. The van der Waals surface area contributed by atoms with Gasteiger partial charge >= 0.3 is 230 Å². The summed E-state index contributed by atoms with van der Waals surface area (Å²) in [5.41, 5.74) is 6.85. The third kappa shape index (κ3) is 5.12. The first kappa shape index (κ1) is 27.9. The van der Waals surface area contributed by atoms with Gasteiger partial charge in [-0.25, -0.2) is 0 Å². The monoisotopic (exact) mass is 574 g/mol. The van der Waals surface area contributed by atoms with Gasteiger partial charge in [0.1, 0.15) is 0 Å². The fourth-order valence-electron chi connectivity index (χ4n) is 5.33. The molecule has 0 spiro atoms. The van der Waals surface area contributed by atoms with Crippen molar-refractivity contribution in [1.82, 2.24) is 4.98 Å². The van der Waals surface area contributed by atoms with Crippen LogP contribution in [0, 0.1) is 34.6 Å². The van der Waals surface area contributed by atoms with Crippen LogP contribution in [0.1, 0.15) is 35.4 Å². The molecule has 5 heteroatoms. The number of aromatic nitrogens is 1. The number of pyridine rings is 1. The zero-order chi connectivity index (χ0) is 26.0. The van der Waals surface area contributed by atoms with E-state index in [1.54, 1.807) is 0 Å². The number of nitrogens with zero attached hydrogens (tertiary/aromatic N) is 1. The maximum absolute atomic E-state index is 7.29. The number of rotatable bonds is 7. The van der Waals surface area contributed by atoms with Crippen LogP contribution in [0.15, 0.2) is 97.1 Å². The molecule has 191 valence electrons. The summed E-state index contributed by atoms with van der Waals surface area (Å²) in [4.78, 5) is 4.82. The Morgan fingerprint density at radius 3 is 1.61 bits per heavy atom. The fourth-order valence-corrected chi connectivity index (χ4v) is 13.9. The first-order chi connectivity index (χ1) is 17.9. The maximum atomic E-state index is 7.29.